The van der Waals surface area contributed by atoms with E-state index in [2.05, 4.69) is 36.4 Å². The Kier molecular flexibility index (Phi) is 5.80. The van der Waals surface area contributed by atoms with Crippen molar-refractivity contribution in [2.24, 2.45) is 0 Å². The maximum atomic E-state index is 12.0. The third kappa shape index (κ3) is 4.17. The molecule has 5 aromatic rings. The van der Waals surface area contributed by atoms with Gasteiger partial charge in [0.2, 0.25) is 5.91 Å². The van der Waals surface area contributed by atoms with E-state index < -0.39 is 0 Å². The summed E-state index contributed by atoms with van der Waals surface area (Å²) in [6.45, 7) is 4.05. The van der Waals surface area contributed by atoms with Gasteiger partial charge in [0.25, 0.3) is 0 Å². The van der Waals surface area contributed by atoms with Gasteiger partial charge in [-0.3, -0.25) is 14.9 Å². The number of nitrogens with zero attached hydrogens (tertiary/aromatic N) is 5. The van der Waals surface area contributed by atoms with Crippen molar-refractivity contribution in [1.29, 1.82) is 0 Å². The summed E-state index contributed by atoms with van der Waals surface area (Å²) in [6.07, 6.45) is 10.2. The highest BCUT2D eigenvalue weighted by atomic mass is 16.1. The molecule has 36 heavy (non-hydrogen) atoms. The third-order valence-corrected chi connectivity index (χ3v) is 6.64. The summed E-state index contributed by atoms with van der Waals surface area (Å²) in [5.74, 6) is 1.01. The summed E-state index contributed by atoms with van der Waals surface area (Å²) in [7, 11) is 0. The Balaban J connectivity index is 1.37. The zero-order chi connectivity index (χ0) is 24.5. The van der Waals surface area contributed by atoms with E-state index in [4.69, 9.17) is 9.97 Å². The number of hydrogen-bond acceptors (Lipinski definition) is 6. The molecule has 0 radical (unpaired) electrons. The fourth-order valence-corrected chi connectivity index (χ4v) is 4.87. The zero-order valence-electron chi connectivity index (χ0n) is 20.2. The number of aromatic amines is 2. The first-order valence-electron chi connectivity index (χ1n) is 12.5. The SMILES string of the molecule is CCCC(=O)Nc1cncc(-c2ccc3[nH]nc(-c4cc5c(N6CCCCC6)nccc5[nH]4)c3n2)c1. The molecule has 0 aromatic carbocycles. The maximum absolute atomic E-state index is 12.0. The van der Waals surface area contributed by atoms with Crippen molar-refractivity contribution in [1.82, 2.24) is 30.1 Å². The van der Waals surface area contributed by atoms with Crippen molar-refractivity contribution in [3.63, 3.8) is 0 Å². The largest absolute Gasteiger partial charge is 0.356 e. The molecule has 0 bridgehead atoms. The normalized spacial score (nSPS) is 14.0. The first-order valence-corrected chi connectivity index (χ1v) is 12.5. The smallest absolute Gasteiger partial charge is 0.224 e. The Morgan fingerprint density at radius 3 is 2.83 bits per heavy atom. The summed E-state index contributed by atoms with van der Waals surface area (Å²) in [4.78, 5) is 31.9. The van der Waals surface area contributed by atoms with E-state index in [1.54, 1.807) is 12.4 Å². The van der Waals surface area contributed by atoms with Gasteiger partial charge in [0.1, 0.15) is 17.0 Å². The fraction of sp³-hybridized carbons (Fsp3) is 0.296. The lowest BCUT2D eigenvalue weighted by Crippen LogP contribution is -2.30. The predicted molar refractivity (Wildman–Crippen MR) is 142 cm³/mol. The average Bonchev–Trinajstić information content (AvgIpc) is 3.53. The molecule has 9 heteroatoms. The molecule has 6 heterocycles. The van der Waals surface area contributed by atoms with Crippen molar-refractivity contribution >= 4 is 39.3 Å². The van der Waals surface area contributed by atoms with Crippen LogP contribution in [0.4, 0.5) is 11.5 Å². The average molecular weight is 481 g/mol. The lowest BCUT2D eigenvalue weighted by Gasteiger charge is -2.28. The minimum absolute atomic E-state index is 0.0193. The van der Waals surface area contributed by atoms with Gasteiger partial charge in [-0.15, -0.1) is 0 Å². The van der Waals surface area contributed by atoms with E-state index >= 15 is 0 Å². The van der Waals surface area contributed by atoms with E-state index in [1.807, 2.05) is 37.4 Å². The topological polar surface area (TPSA) is 115 Å². The van der Waals surface area contributed by atoms with Crippen LogP contribution < -0.4 is 10.2 Å². The van der Waals surface area contributed by atoms with Gasteiger partial charge in [0, 0.05) is 42.9 Å². The lowest BCUT2D eigenvalue weighted by molar-refractivity contribution is -0.116. The van der Waals surface area contributed by atoms with Crippen LogP contribution in [0.25, 0.3) is 44.6 Å². The summed E-state index contributed by atoms with van der Waals surface area (Å²) in [5, 5.41) is 11.7. The highest BCUT2D eigenvalue weighted by Crippen LogP contribution is 2.33. The molecule has 0 atom stereocenters. The zero-order valence-corrected chi connectivity index (χ0v) is 20.2. The van der Waals surface area contributed by atoms with E-state index in [0.717, 1.165) is 69.9 Å². The number of carbonyl (C=O) groups excluding carboxylic acids is 1. The van der Waals surface area contributed by atoms with Crippen LogP contribution in [0.3, 0.4) is 0 Å². The van der Waals surface area contributed by atoms with Gasteiger partial charge in [-0.2, -0.15) is 5.10 Å². The van der Waals surface area contributed by atoms with Crippen molar-refractivity contribution in [2.75, 3.05) is 23.3 Å². The predicted octanol–water partition coefficient (Wildman–Crippen LogP) is 5.29. The molecule has 0 aliphatic carbocycles. The minimum Gasteiger partial charge on any atom is -0.356 e. The quantitative estimate of drug-likeness (QED) is 0.304. The van der Waals surface area contributed by atoms with Gasteiger partial charge in [-0.25, -0.2) is 9.97 Å². The van der Waals surface area contributed by atoms with E-state index in [1.165, 1.54) is 19.3 Å². The van der Waals surface area contributed by atoms with Gasteiger partial charge in [-0.1, -0.05) is 6.92 Å². The number of rotatable bonds is 6. The Labute approximate surface area is 208 Å². The molecule has 5 aromatic heterocycles. The summed E-state index contributed by atoms with van der Waals surface area (Å²) >= 11 is 0. The Morgan fingerprint density at radius 1 is 1.08 bits per heavy atom. The van der Waals surface area contributed by atoms with E-state index in [9.17, 15) is 4.79 Å². The van der Waals surface area contributed by atoms with Gasteiger partial charge in [0.15, 0.2) is 0 Å². The number of fused-ring (bicyclic) bond motifs is 2. The number of anilines is 2. The Hall–Kier alpha value is -4.27. The molecule has 1 amide bonds. The van der Waals surface area contributed by atoms with E-state index in [0.29, 0.717) is 12.1 Å². The summed E-state index contributed by atoms with van der Waals surface area (Å²) in [6, 6.07) is 9.93. The standard InChI is InChI=1S/C27H28N8O/c1-2-6-24(36)30-18-13-17(15-28-16-18)20-7-8-22-25(32-20)26(34-33-22)23-14-19-21(31-23)9-10-29-27(19)35-11-4-3-5-12-35/h7-10,13-16,31H,2-6,11-12H2,1H3,(H,30,36)(H,33,34). The van der Waals surface area contributed by atoms with Crippen molar-refractivity contribution in [3.8, 4) is 22.6 Å². The molecule has 6 rings (SSSR count). The molecule has 9 nitrogen and oxygen atoms in total. The van der Waals surface area contributed by atoms with Crippen molar-refractivity contribution < 1.29 is 4.79 Å². The Bertz CT molecular complexity index is 1550. The molecule has 182 valence electrons. The molecule has 1 saturated heterocycles. The second-order valence-corrected chi connectivity index (χ2v) is 9.25. The molecule has 0 saturated carbocycles. The van der Waals surface area contributed by atoms with Crippen LogP contribution in [-0.2, 0) is 4.79 Å². The number of aromatic nitrogens is 6. The van der Waals surface area contributed by atoms with Gasteiger partial charge >= 0.3 is 0 Å². The van der Waals surface area contributed by atoms with Crippen LogP contribution in [0.15, 0.2) is 48.9 Å². The molecular formula is C27H28N8O. The molecule has 0 spiro atoms. The van der Waals surface area contributed by atoms with Crippen LogP contribution in [0.5, 0.6) is 0 Å². The van der Waals surface area contributed by atoms with Crippen LogP contribution in [0, 0.1) is 0 Å². The van der Waals surface area contributed by atoms with Crippen molar-refractivity contribution in [3.05, 3.63) is 48.9 Å². The minimum atomic E-state index is -0.0193. The number of H-pyrrole nitrogens is 2. The van der Waals surface area contributed by atoms with Crippen LogP contribution >= 0.6 is 0 Å². The molecule has 3 N–H and O–H groups in total. The number of amides is 1. The highest BCUT2D eigenvalue weighted by molar-refractivity contribution is 5.98. The van der Waals surface area contributed by atoms with Gasteiger partial charge in [-0.05, 0) is 56.0 Å². The second-order valence-electron chi connectivity index (χ2n) is 9.25. The number of pyridine rings is 3. The first kappa shape index (κ1) is 22.2. The summed E-state index contributed by atoms with van der Waals surface area (Å²) in [5.41, 5.74) is 6.55. The monoisotopic (exact) mass is 480 g/mol. The molecule has 1 fully saturated rings. The molecule has 0 unspecified atom stereocenters. The van der Waals surface area contributed by atoms with Crippen LogP contribution in [-0.4, -0.2) is 49.1 Å². The number of piperidine rings is 1. The van der Waals surface area contributed by atoms with E-state index in [-0.39, 0.29) is 5.91 Å². The fourth-order valence-electron chi connectivity index (χ4n) is 4.87. The van der Waals surface area contributed by atoms with Crippen LogP contribution in [0.2, 0.25) is 0 Å². The number of nitrogens with one attached hydrogen (secondary N) is 3. The van der Waals surface area contributed by atoms with Crippen molar-refractivity contribution in [2.45, 2.75) is 39.0 Å². The lowest BCUT2D eigenvalue weighted by atomic mass is 10.1. The molecule has 1 aliphatic heterocycles. The second kappa shape index (κ2) is 9.41. The van der Waals surface area contributed by atoms with Crippen LogP contribution in [0.1, 0.15) is 39.0 Å². The highest BCUT2D eigenvalue weighted by Gasteiger charge is 2.19. The van der Waals surface area contributed by atoms with Gasteiger partial charge < -0.3 is 15.2 Å². The molecular weight excluding hydrogens is 452 g/mol. The first-order chi connectivity index (χ1) is 17.7. The number of hydrogen-bond donors (Lipinski definition) is 3. The number of carbonyl (C=O) groups is 1. The van der Waals surface area contributed by atoms with Gasteiger partial charge in [0.05, 0.1) is 34.3 Å². The third-order valence-electron chi connectivity index (χ3n) is 6.64. The molecule has 1 aliphatic rings. The summed E-state index contributed by atoms with van der Waals surface area (Å²) < 4.78 is 0. The Morgan fingerprint density at radius 2 is 1.97 bits per heavy atom. The maximum Gasteiger partial charge on any atom is 0.224 e.